The van der Waals surface area contributed by atoms with Crippen LogP contribution >= 0.6 is 12.4 Å². The minimum absolute atomic E-state index is 0. The quantitative estimate of drug-likeness (QED) is 0.662. The number of nitrogens with one attached hydrogen (secondary N) is 1. The van der Waals surface area contributed by atoms with Crippen molar-refractivity contribution < 1.29 is 9.72 Å². The van der Waals surface area contributed by atoms with E-state index in [1.807, 2.05) is 20.8 Å². The van der Waals surface area contributed by atoms with E-state index in [9.17, 15) is 14.9 Å². The fraction of sp³-hybridized carbons (Fsp3) is 0.462. The first-order chi connectivity index (χ1) is 8.62. The second kappa shape index (κ2) is 6.67. The van der Waals surface area contributed by atoms with Crippen LogP contribution in [0, 0.1) is 22.5 Å². The summed E-state index contributed by atoms with van der Waals surface area (Å²) >= 11 is 0. The van der Waals surface area contributed by atoms with Crippen LogP contribution in [-0.4, -0.2) is 16.9 Å². The molecule has 0 aliphatic heterocycles. The number of amides is 1. The maximum atomic E-state index is 11.9. The number of nitro groups is 1. The van der Waals surface area contributed by atoms with Gasteiger partial charge in [0.05, 0.1) is 11.0 Å². The van der Waals surface area contributed by atoms with Crippen molar-refractivity contribution in [3.8, 4) is 0 Å². The average Bonchev–Trinajstić information content (AvgIpc) is 2.29. The maximum absolute atomic E-state index is 11.9. The van der Waals surface area contributed by atoms with Crippen LogP contribution in [0.3, 0.4) is 0 Å². The van der Waals surface area contributed by atoms with Crippen LogP contribution in [0.15, 0.2) is 18.2 Å². The number of aryl methyl sites for hydroxylation is 1. The van der Waals surface area contributed by atoms with Crippen LogP contribution in [0.2, 0.25) is 0 Å². The highest BCUT2D eigenvalue weighted by Crippen LogP contribution is 2.23. The number of carbonyl (C=O) groups excluding carboxylic acids is 1. The zero-order valence-corrected chi connectivity index (χ0v) is 12.8. The summed E-state index contributed by atoms with van der Waals surface area (Å²) < 4.78 is 0. The van der Waals surface area contributed by atoms with Crippen LogP contribution in [0.5, 0.6) is 0 Å². The molecule has 1 aromatic carbocycles. The van der Waals surface area contributed by atoms with Gasteiger partial charge in [0.2, 0.25) is 5.91 Å². The Labute approximate surface area is 124 Å². The molecule has 0 heterocycles. The summed E-state index contributed by atoms with van der Waals surface area (Å²) in [5.41, 5.74) is 6.35. The molecule has 1 amide bonds. The predicted octanol–water partition coefficient (Wildman–Crippen LogP) is 2.64. The van der Waals surface area contributed by atoms with Crippen molar-refractivity contribution in [3.63, 3.8) is 0 Å². The fourth-order valence-corrected chi connectivity index (χ4v) is 1.50. The van der Waals surface area contributed by atoms with Gasteiger partial charge in [-0.25, -0.2) is 0 Å². The molecule has 0 fully saturated rings. The van der Waals surface area contributed by atoms with Gasteiger partial charge in [-0.3, -0.25) is 14.9 Å². The minimum atomic E-state index is -0.687. The summed E-state index contributed by atoms with van der Waals surface area (Å²) in [7, 11) is 0. The third-order valence-corrected chi connectivity index (χ3v) is 2.89. The van der Waals surface area contributed by atoms with E-state index in [4.69, 9.17) is 5.73 Å². The van der Waals surface area contributed by atoms with Gasteiger partial charge in [-0.05, 0) is 18.4 Å². The Bertz CT molecular complexity index is 512. The molecule has 6 nitrogen and oxygen atoms in total. The Balaban J connectivity index is 0.00000361. The molecule has 20 heavy (non-hydrogen) atoms. The number of hydrogen-bond donors (Lipinski definition) is 2. The Morgan fingerprint density at radius 1 is 1.40 bits per heavy atom. The van der Waals surface area contributed by atoms with Crippen LogP contribution in [0.4, 0.5) is 11.4 Å². The molecule has 0 saturated heterocycles. The number of nitrogens with zero attached hydrogens (tertiary/aromatic N) is 1. The maximum Gasteiger partial charge on any atom is 0.274 e. The van der Waals surface area contributed by atoms with Crippen molar-refractivity contribution in [1.82, 2.24) is 0 Å². The lowest BCUT2D eigenvalue weighted by Crippen LogP contribution is -2.45. The standard InChI is InChI=1S/C13H19N3O3.ClH/c1-8-5-6-9(7-10(8)16(18)19)15-12(17)11(14)13(2,3)4;/h5-7,11H,14H2,1-4H3,(H,15,17);1H/t11-;/m1./s1. The third kappa shape index (κ3) is 4.47. The number of nitrogens with two attached hydrogens (primary N) is 1. The Morgan fingerprint density at radius 3 is 2.40 bits per heavy atom. The summed E-state index contributed by atoms with van der Waals surface area (Å²) in [4.78, 5) is 22.3. The highest BCUT2D eigenvalue weighted by Gasteiger charge is 2.27. The minimum Gasteiger partial charge on any atom is -0.324 e. The lowest BCUT2D eigenvalue weighted by atomic mass is 9.87. The molecular weight excluding hydrogens is 282 g/mol. The van der Waals surface area contributed by atoms with Gasteiger partial charge in [0.15, 0.2) is 0 Å². The molecule has 7 heteroatoms. The Hall–Kier alpha value is -1.66. The molecule has 1 rings (SSSR count). The molecule has 0 radical (unpaired) electrons. The van der Waals surface area contributed by atoms with E-state index in [0.29, 0.717) is 11.3 Å². The van der Waals surface area contributed by atoms with Gasteiger partial charge in [0.25, 0.3) is 5.69 Å². The van der Waals surface area contributed by atoms with Crippen molar-refractivity contribution >= 4 is 29.7 Å². The highest BCUT2D eigenvalue weighted by atomic mass is 35.5. The van der Waals surface area contributed by atoms with Gasteiger partial charge >= 0.3 is 0 Å². The van der Waals surface area contributed by atoms with E-state index in [-0.39, 0.29) is 29.4 Å². The van der Waals surface area contributed by atoms with E-state index in [2.05, 4.69) is 5.32 Å². The van der Waals surface area contributed by atoms with E-state index in [1.54, 1.807) is 19.1 Å². The Kier molecular flexibility index (Phi) is 6.12. The van der Waals surface area contributed by atoms with E-state index >= 15 is 0 Å². The second-order valence-electron chi connectivity index (χ2n) is 5.59. The largest absolute Gasteiger partial charge is 0.324 e. The van der Waals surface area contributed by atoms with Gasteiger partial charge in [-0.2, -0.15) is 0 Å². The number of halogens is 1. The van der Waals surface area contributed by atoms with Crippen molar-refractivity contribution in [2.75, 3.05) is 5.32 Å². The number of benzene rings is 1. The van der Waals surface area contributed by atoms with Crippen LogP contribution in [0.25, 0.3) is 0 Å². The zero-order valence-electron chi connectivity index (χ0n) is 12.0. The van der Waals surface area contributed by atoms with Gasteiger partial charge in [-0.1, -0.05) is 26.8 Å². The van der Waals surface area contributed by atoms with Crippen molar-refractivity contribution in [2.45, 2.75) is 33.7 Å². The van der Waals surface area contributed by atoms with E-state index in [0.717, 1.165) is 0 Å². The molecule has 0 bridgehead atoms. The van der Waals surface area contributed by atoms with Gasteiger partial charge < -0.3 is 11.1 Å². The summed E-state index contributed by atoms with van der Waals surface area (Å²) in [5.74, 6) is -0.356. The molecule has 1 atom stereocenters. The summed E-state index contributed by atoms with van der Waals surface area (Å²) in [6.45, 7) is 7.21. The molecule has 1 aromatic rings. The predicted molar refractivity (Wildman–Crippen MR) is 81.1 cm³/mol. The number of carbonyl (C=O) groups is 1. The normalized spacial score (nSPS) is 12.2. The average molecular weight is 302 g/mol. The smallest absolute Gasteiger partial charge is 0.274 e. The SMILES string of the molecule is Cc1ccc(NC(=O)[C@@H](N)C(C)(C)C)cc1[N+](=O)[O-].Cl. The molecular formula is C13H20ClN3O3. The van der Waals surface area contributed by atoms with Gasteiger partial charge in [0.1, 0.15) is 0 Å². The number of rotatable bonds is 3. The number of nitro benzene ring substituents is 1. The molecule has 0 spiro atoms. The topological polar surface area (TPSA) is 98.3 Å². The molecule has 0 unspecified atom stereocenters. The number of hydrogen-bond acceptors (Lipinski definition) is 4. The third-order valence-electron chi connectivity index (χ3n) is 2.89. The molecule has 0 saturated carbocycles. The van der Waals surface area contributed by atoms with Crippen molar-refractivity contribution in [1.29, 1.82) is 0 Å². The summed E-state index contributed by atoms with van der Waals surface area (Å²) in [6, 6.07) is 3.86. The summed E-state index contributed by atoms with van der Waals surface area (Å²) in [5, 5.41) is 13.4. The highest BCUT2D eigenvalue weighted by molar-refractivity contribution is 5.95. The lowest BCUT2D eigenvalue weighted by Gasteiger charge is -2.25. The lowest BCUT2D eigenvalue weighted by molar-refractivity contribution is -0.385. The molecule has 0 aliphatic rings. The van der Waals surface area contributed by atoms with E-state index < -0.39 is 11.0 Å². The molecule has 0 aromatic heterocycles. The molecule has 112 valence electrons. The monoisotopic (exact) mass is 301 g/mol. The summed E-state index contributed by atoms with van der Waals surface area (Å²) in [6.07, 6.45) is 0. The van der Waals surface area contributed by atoms with E-state index in [1.165, 1.54) is 6.07 Å². The van der Waals surface area contributed by atoms with Gasteiger partial charge in [-0.15, -0.1) is 12.4 Å². The number of anilines is 1. The molecule has 3 N–H and O–H groups in total. The fourth-order valence-electron chi connectivity index (χ4n) is 1.50. The van der Waals surface area contributed by atoms with Crippen LogP contribution in [0.1, 0.15) is 26.3 Å². The van der Waals surface area contributed by atoms with Crippen LogP contribution in [-0.2, 0) is 4.79 Å². The van der Waals surface area contributed by atoms with Gasteiger partial charge in [0, 0.05) is 17.3 Å². The first kappa shape index (κ1) is 18.3. The van der Waals surface area contributed by atoms with Crippen molar-refractivity contribution in [2.24, 2.45) is 11.1 Å². The second-order valence-corrected chi connectivity index (χ2v) is 5.59. The zero-order chi connectivity index (χ0) is 14.8. The molecule has 0 aliphatic carbocycles. The first-order valence-corrected chi connectivity index (χ1v) is 5.94. The van der Waals surface area contributed by atoms with Crippen LogP contribution < -0.4 is 11.1 Å². The first-order valence-electron chi connectivity index (χ1n) is 5.94. The Morgan fingerprint density at radius 2 is 1.95 bits per heavy atom. The van der Waals surface area contributed by atoms with Crippen molar-refractivity contribution in [3.05, 3.63) is 33.9 Å².